The normalized spacial score (nSPS) is 24.4. The van der Waals surface area contributed by atoms with Crippen LogP contribution in [0.3, 0.4) is 0 Å². The molecule has 0 amide bonds. The van der Waals surface area contributed by atoms with Gasteiger partial charge in [0.1, 0.15) is 5.75 Å². The van der Waals surface area contributed by atoms with Crippen LogP contribution in [0.1, 0.15) is 25.7 Å². The van der Waals surface area contributed by atoms with Crippen molar-refractivity contribution in [3.63, 3.8) is 0 Å². The van der Waals surface area contributed by atoms with Gasteiger partial charge in [0.05, 0.1) is 30.0 Å². The Morgan fingerprint density at radius 3 is 2.82 bits per heavy atom. The van der Waals surface area contributed by atoms with Crippen molar-refractivity contribution in [1.82, 2.24) is 0 Å². The molecule has 0 aromatic heterocycles. The first-order valence-corrected chi connectivity index (χ1v) is 6.36. The highest BCUT2D eigenvalue weighted by atomic mass is 35.5. The topological polar surface area (TPSA) is 41.5 Å². The van der Waals surface area contributed by atoms with E-state index in [1.807, 2.05) is 12.1 Å². The lowest BCUT2D eigenvalue weighted by molar-refractivity contribution is 0.116. The van der Waals surface area contributed by atoms with Crippen LogP contribution in [0.2, 0.25) is 5.02 Å². The number of benzene rings is 1. The maximum atomic E-state index is 9.91. The van der Waals surface area contributed by atoms with Crippen LogP contribution in [0.15, 0.2) is 18.2 Å². The average Bonchev–Trinajstić information content (AvgIpc) is 2.35. The monoisotopic (exact) mass is 255 g/mol. The van der Waals surface area contributed by atoms with Crippen molar-refractivity contribution in [3.05, 3.63) is 23.2 Å². The third-order valence-corrected chi connectivity index (χ3v) is 3.57. The van der Waals surface area contributed by atoms with E-state index in [1.165, 1.54) is 0 Å². The lowest BCUT2D eigenvalue weighted by atomic mass is 9.92. The Balaban J connectivity index is 2.11. The Morgan fingerprint density at radius 2 is 2.12 bits per heavy atom. The summed E-state index contributed by atoms with van der Waals surface area (Å²) in [5, 5.41) is 13.9. The number of aliphatic hydroxyl groups excluding tert-OH is 1. The molecule has 4 heteroatoms. The van der Waals surface area contributed by atoms with E-state index in [2.05, 4.69) is 5.32 Å². The zero-order chi connectivity index (χ0) is 12.3. The first-order chi connectivity index (χ1) is 8.20. The van der Waals surface area contributed by atoms with E-state index in [4.69, 9.17) is 16.3 Å². The largest absolute Gasteiger partial charge is 0.497 e. The standard InChI is InChI=1S/C13H18ClNO2/c1-17-9-6-7-10(14)12(8-9)15-11-4-2-3-5-13(11)16/h6-8,11,13,15-16H,2-5H2,1H3. The van der Waals surface area contributed by atoms with Crippen LogP contribution in [-0.2, 0) is 0 Å². The molecule has 0 saturated heterocycles. The maximum Gasteiger partial charge on any atom is 0.121 e. The summed E-state index contributed by atoms with van der Waals surface area (Å²) in [4.78, 5) is 0. The first kappa shape index (κ1) is 12.5. The van der Waals surface area contributed by atoms with Crippen molar-refractivity contribution in [1.29, 1.82) is 0 Å². The predicted molar refractivity (Wildman–Crippen MR) is 69.9 cm³/mol. The summed E-state index contributed by atoms with van der Waals surface area (Å²) in [6.45, 7) is 0. The Morgan fingerprint density at radius 1 is 1.35 bits per heavy atom. The highest BCUT2D eigenvalue weighted by Crippen LogP contribution is 2.30. The van der Waals surface area contributed by atoms with Crippen LogP contribution >= 0.6 is 11.6 Å². The predicted octanol–water partition coefficient (Wildman–Crippen LogP) is 3.06. The van der Waals surface area contributed by atoms with Gasteiger partial charge in [0.25, 0.3) is 0 Å². The van der Waals surface area contributed by atoms with Crippen LogP contribution in [0.25, 0.3) is 0 Å². The minimum atomic E-state index is -0.286. The van der Waals surface area contributed by atoms with Gasteiger partial charge in [-0.15, -0.1) is 0 Å². The maximum absolute atomic E-state index is 9.91. The van der Waals surface area contributed by atoms with E-state index >= 15 is 0 Å². The summed E-state index contributed by atoms with van der Waals surface area (Å²) in [5.74, 6) is 0.766. The lowest BCUT2D eigenvalue weighted by Crippen LogP contribution is -2.36. The number of nitrogens with one attached hydrogen (secondary N) is 1. The van der Waals surface area contributed by atoms with Gasteiger partial charge in [-0.1, -0.05) is 24.4 Å². The summed E-state index contributed by atoms with van der Waals surface area (Å²) < 4.78 is 5.16. The van der Waals surface area contributed by atoms with Crippen molar-refractivity contribution < 1.29 is 9.84 Å². The Bertz CT molecular complexity index is 384. The van der Waals surface area contributed by atoms with Crippen molar-refractivity contribution in [2.75, 3.05) is 12.4 Å². The van der Waals surface area contributed by atoms with Gasteiger partial charge < -0.3 is 15.2 Å². The molecule has 2 atom stereocenters. The Labute approximate surface area is 107 Å². The van der Waals surface area contributed by atoms with Crippen LogP contribution in [0, 0.1) is 0 Å². The molecule has 2 N–H and O–H groups in total. The van der Waals surface area contributed by atoms with Crippen molar-refractivity contribution >= 4 is 17.3 Å². The fraction of sp³-hybridized carbons (Fsp3) is 0.538. The minimum Gasteiger partial charge on any atom is -0.497 e. The molecule has 1 aromatic rings. The molecule has 17 heavy (non-hydrogen) atoms. The average molecular weight is 256 g/mol. The molecule has 0 bridgehead atoms. The van der Waals surface area contributed by atoms with E-state index in [-0.39, 0.29) is 12.1 Å². The molecule has 1 aromatic carbocycles. The Kier molecular flexibility index (Phi) is 4.13. The number of rotatable bonds is 3. The van der Waals surface area contributed by atoms with Gasteiger partial charge in [-0.25, -0.2) is 0 Å². The highest BCUT2D eigenvalue weighted by molar-refractivity contribution is 6.33. The molecule has 2 unspecified atom stereocenters. The number of aliphatic hydroxyl groups is 1. The quantitative estimate of drug-likeness (QED) is 0.872. The second-order valence-corrected chi connectivity index (χ2v) is 4.86. The summed E-state index contributed by atoms with van der Waals surface area (Å²) >= 11 is 6.12. The van der Waals surface area contributed by atoms with Crippen LogP contribution in [0.4, 0.5) is 5.69 Å². The molecule has 0 aliphatic heterocycles. The second-order valence-electron chi connectivity index (χ2n) is 4.45. The number of methoxy groups -OCH3 is 1. The second kappa shape index (κ2) is 5.61. The molecule has 0 heterocycles. The van der Waals surface area contributed by atoms with Gasteiger partial charge in [-0.3, -0.25) is 0 Å². The van der Waals surface area contributed by atoms with E-state index < -0.39 is 0 Å². The van der Waals surface area contributed by atoms with Crippen molar-refractivity contribution in [2.45, 2.75) is 37.8 Å². The molecular weight excluding hydrogens is 238 g/mol. The molecule has 0 spiro atoms. The third-order valence-electron chi connectivity index (χ3n) is 3.24. The zero-order valence-corrected chi connectivity index (χ0v) is 10.7. The van der Waals surface area contributed by atoms with Crippen molar-refractivity contribution in [2.24, 2.45) is 0 Å². The van der Waals surface area contributed by atoms with Crippen LogP contribution in [-0.4, -0.2) is 24.4 Å². The zero-order valence-electron chi connectivity index (χ0n) is 9.95. The summed E-state index contributed by atoms with van der Waals surface area (Å²) in [5.41, 5.74) is 0.831. The molecule has 3 nitrogen and oxygen atoms in total. The Hall–Kier alpha value is -0.930. The van der Waals surface area contributed by atoms with E-state index in [0.29, 0.717) is 5.02 Å². The van der Waals surface area contributed by atoms with Gasteiger partial charge in [0.2, 0.25) is 0 Å². The van der Waals surface area contributed by atoms with E-state index in [0.717, 1.165) is 37.1 Å². The fourth-order valence-corrected chi connectivity index (χ4v) is 2.39. The van der Waals surface area contributed by atoms with E-state index in [1.54, 1.807) is 13.2 Å². The molecule has 1 saturated carbocycles. The molecule has 1 aliphatic rings. The van der Waals surface area contributed by atoms with Gasteiger partial charge in [0, 0.05) is 6.07 Å². The number of halogens is 1. The van der Waals surface area contributed by atoms with Crippen LogP contribution < -0.4 is 10.1 Å². The summed E-state index contributed by atoms with van der Waals surface area (Å²) in [6, 6.07) is 5.58. The first-order valence-electron chi connectivity index (χ1n) is 5.99. The molecule has 1 fully saturated rings. The molecular formula is C13H18ClNO2. The fourth-order valence-electron chi connectivity index (χ4n) is 2.22. The highest BCUT2D eigenvalue weighted by Gasteiger charge is 2.23. The van der Waals surface area contributed by atoms with Gasteiger partial charge >= 0.3 is 0 Å². The number of hydrogen-bond donors (Lipinski definition) is 2. The van der Waals surface area contributed by atoms with Gasteiger partial charge in [-0.2, -0.15) is 0 Å². The molecule has 0 radical (unpaired) electrons. The summed E-state index contributed by atoms with van der Waals surface area (Å²) in [6.07, 6.45) is 3.81. The van der Waals surface area contributed by atoms with Crippen molar-refractivity contribution in [3.8, 4) is 5.75 Å². The number of hydrogen-bond acceptors (Lipinski definition) is 3. The molecule has 2 rings (SSSR count). The SMILES string of the molecule is COc1ccc(Cl)c(NC2CCCCC2O)c1. The third kappa shape index (κ3) is 3.05. The molecule has 94 valence electrons. The van der Waals surface area contributed by atoms with E-state index in [9.17, 15) is 5.11 Å². The summed E-state index contributed by atoms with van der Waals surface area (Å²) in [7, 11) is 1.63. The number of anilines is 1. The van der Waals surface area contributed by atoms with Gasteiger partial charge in [-0.05, 0) is 25.0 Å². The number of ether oxygens (including phenoxy) is 1. The minimum absolute atomic E-state index is 0.0911. The lowest BCUT2D eigenvalue weighted by Gasteiger charge is -2.29. The van der Waals surface area contributed by atoms with Gasteiger partial charge in [0.15, 0.2) is 0 Å². The van der Waals surface area contributed by atoms with Crippen LogP contribution in [0.5, 0.6) is 5.75 Å². The molecule has 1 aliphatic carbocycles. The smallest absolute Gasteiger partial charge is 0.121 e.